The molecule has 2 unspecified atom stereocenters. The molecule has 0 saturated carbocycles. The summed E-state index contributed by atoms with van der Waals surface area (Å²) >= 11 is 0. The largest absolute Gasteiger partial charge is 0.444 e. The number of hydrogen-bond acceptors (Lipinski definition) is 3. The van der Waals surface area contributed by atoms with Crippen molar-refractivity contribution in [1.29, 1.82) is 0 Å². The van der Waals surface area contributed by atoms with Crippen LogP contribution in [-0.2, 0) is 4.74 Å². The molecule has 0 aromatic carbocycles. The number of amides is 1. The van der Waals surface area contributed by atoms with Crippen LogP contribution in [0.15, 0.2) is 0 Å². The molecule has 0 aromatic rings. The van der Waals surface area contributed by atoms with Crippen molar-refractivity contribution in [3.63, 3.8) is 0 Å². The van der Waals surface area contributed by atoms with Crippen LogP contribution in [0.5, 0.6) is 0 Å². The molecule has 1 heterocycles. The number of hydrogen-bond donors (Lipinski definition) is 1. The predicted molar refractivity (Wildman–Crippen MR) is 87.5 cm³/mol. The summed E-state index contributed by atoms with van der Waals surface area (Å²) in [6.45, 7) is 12.9. The number of nitrogens with zero attached hydrogens (tertiary/aromatic N) is 1. The summed E-state index contributed by atoms with van der Waals surface area (Å²) in [5.74, 6) is 0.702. The first-order valence-corrected chi connectivity index (χ1v) is 8.53. The number of ether oxygens (including phenoxy) is 1. The topological polar surface area (TPSA) is 41.6 Å². The first-order chi connectivity index (χ1) is 9.81. The fourth-order valence-electron chi connectivity index (χ4n) is 2.76. The normalized spacial score (nSPS) is 21.8. The average Bonchev–Trinajstić information content (AvgIpc) is 2.60. The van der Waals surface area contributed by atoms with Crippen molar-refractivity contribution in [2.75, 3.05) is 19.6 Å². The Labute approximate surface area is 130 Å². The second kappa shape index (κ2) is 8.62. The highest BCUT2D eigenvalue weighted by Crippen LogP contribution is 2.16. The Hall–Kier alpha value is -0.770. The Balaban J connectivity index is 2.46. The number of nitrogens with one attached hydrogen (secondary N) is 1. The second-order valence-corrected chi connectivity index (χ2v) is 7.42. The zero-order chi connectivity index (χ0) is 15.9. The molecule has 0 bridgehead atoms. The van der Waals surface area contributed by atoms with E-state index in [9.17, 15) is 4.79 Å². The maximum Gasteiger partial charge on any atom is 0.410 e. The summed E-state index contributed by atoms with van der Waals surface area (Å²) in [5.41, 5.74) is -0.415. The molecular weight excluding hydrogens is 264 g/mol. The lowest BCUT2D eigenvalue weighted by molar-refractivity contribution is 0.0243. The van der Waals surface area contributed by atoms with Gasteiger partial charge >= 0.3 is 6.09 Å². The van der Waals surface area contributed by atoms with Gasteiger partial charge in [0.25, 0.3) is 0 Å². The number of likely N-dealkylation sites (tertiary alicyclic amines) is 1. The predicted octanol–water partition coefficient (Wildman–Crippen LogP) is 3.80. The van der Waals surface area contributed by atoms with Gasteiger partial charge in [-0.15, -0.1) is 0 Å². The summed E-state index contributed by atoms with van der Waals surface area (Å²) in [4.78, 5) is 14.1. The molecule has 1 saturated heterocycles. The Morgan fingerprint density at radius 1 is 1.38 bits per heavy atom. The summed E-state index contributed by atoms with van der Waals surface area (Å²) in [6.07, 6.45) is 5.73. The standard InChI is InChI=1S/C17H34N2O2/c1-6-9-14(2)12-18-15-10-7-8-11-19(13-15)16(20)21-17(3,4)5/h14-15,18H,6-13H2,1-5H3. The van der Waals surface area contributed by atoms with Crippen LogP contribution in [0.1, 0.15) is 66.7 Å². The molecule has 0 spiro atoms. The van der Waals surface area contributed by atoms with Crippen molar-refractivity contribution in [1.82, 2.24) is 10.2 Å². The quantitative estimate of drug-likeness (QED) is 0.839. The SMILES string of the molecule is CCCC(C)CNC1CCCCN(C(=O)OC(C)(C)C)C1. The van der Waals surface area contributed by atoms with E-state index in [1.807, 2.05) is 25.7 Å². The minimum atomic E-state index is -0.415. The Kier molecular flexibility index (Phi) is 7.50. The summed E-state index contributed by atoms with van der Waals surface area (Å²) in [7, 11) is 0. The van der Waals surface area contributed by atoms with Crippen LogP contribution in [0, 0.1) is 5.92 Å². The van der Waals surface area contributed by atoms with Crippen molar-refractivity contribution >= 4 is 6.09 Å². The first kappa shape index (κ1) is 18.3. The lowest BCUT2D eigenvalue weighted by Crippen LogP contribution is -2.45. The third-order valence-corrected chi connectivity index (χ3v) is 3.86. The van der Waals surface area contributed by atoms with Gasteiger partial charge in [-0.1, -0.05) is 26.7 Å². The lowest BCUT2D eigenvalue weighted by Gasteiger charge is -2.29. The molecule has 1 N–H and O–H groups in total. The molecule has 0 radical (unpaired) electrons. The van der Waals surface area contributed by atoms with E-state index in [4.69, 9.17) is 4.74 Å². The van der Waals surface area contributed by atoms with Gasteiger partial charge in [0.15, 0.2) is 0 Å². The van der Waals surface area contributed by atoms with E-state index in [1.54, 1.807) is 0 Å². The molecule has 1 rings (SSSR count). The summed E-state index contributed by atoms with van der Waals surface area (Å²) in [5, 5.41) is 3.64. The van der Waals surface area contributed by atoms with Gasteiger partial charge in [0, 0.05) is 19.1 Å². The molecule has 1 amide bonds. The molecule has 21 heavy (non-hydrogen) atoms. The van der Waals surface area contributed by atoms with Crippen LogP contribution < -0.4 is 5.32 Å². The summed E-state index contributed by atoms with van der Waals surface area (Å²) in [6, 6.07) is 0.402. The van der Waals surface area contributed by atoms with Gasteiger partial charge in [0.2, 0.25) is 0 Å². The Bertz CT molecular complexity index is 312. The highest BCUT2D eigenvalue weighted by Gasteiger charge is 2.26. The summed E-state index contributed by atoms with van der Waals surface area (Å²) < 4.78 is 5.50. The molecule has 0 aliphatic carbocycles. The number of rotatable bonds is 5. The number of carbonyl (C=O) groups excluding carboxylic acids is 1. The van der Waals surface area contributed by atoms with Crippen molar-refractivity contribution < 1.29 is 9.53 Å². The smallest absolute Gasteiger partial charge is 0.410 e. The molecular formula is C17H34N2O2. The van der Waals surface area contributed by atoms with E-state index < -0.39 is 5.60 Å². The molecule has 1 aliphatic rings. The molecule has 1 aliphatic heterocycles. The van der Waals surface area contributed by atoms with E-state index in [1.165, 1.54) is 19.3 Å². The van der Waals surface area contributed by atoms with Gasteiger partial charge in [-0.05, 0) is 52.5 Å². The van der Waals surface area contributed by atoms with Gasteiger partial charge in [0.05, 0.1) is 0 Å². The van der Waals surface area contributed by atoms with Crippen molar-refractivity contribution in [2.45, 2.75) is 78.4 Å². The van der Waals surface area contributed by atoms with Crippen molar-refractivity contribution in [3.8, 4) is 0 Å². The van der Waals surface area contributed by atoms with E-state index in [2.05, 4.69) is 19.2 Å². The van der Waals surface area contributed by atoms with Gasteiger partial charge in [-0.2, -0.15) is 0 Å². The van der Waals surface area contributed by atoms with Crippen LogP contribution in [0.2, 0.25) is 0 Å². The molecule has 4 nitrogen and oxygen atoms in total. The minimum Gasteiger partial charge on any atom is -0.444 e. The van der Waals surface area contributed by atoms with Gasteiger partial charge in [-0.25, -0.2) is 4.79 Å². The minimum absolute atomic E-state index is 0.169. The van der Waals surface area contributed by atoms with E-state index in [0.29, 0.717) is 12.0 Å². The zero-order valence-corrected chi connectivity index (χ0v) is 14.6. The van der Waals surface area contributed by atoms with E-state index >= 15 is 0 Å². The maximum absolute atomic E-state index is 12.2. The number of carbonyl (C=O) groups is 1. The Morgan fingerprint density at radius 3 is 2.71 bits per heavy atom. The zero-order valence-electron chi connectivity index (χ0n) is 14.6. The van der Waals surface area contributed by atoms with E-state index in [0.717, 1.165) is 32.5 Å². The molecule has 124 valence electrons. The van der Waals surface area contributed by atoms with Crippen LogP contribution in [0.4, 0.5) is 4.79 Å². The van der Waals surface area contributed by atoms with Gasteiger partial charge < -0.3 is 15.0 Å². The Morgan fingerprint density at radius 2 is 2.10 bits per heavy atom. The third kappa shape index (κ3) is 7.70. The fraction of sp³-hybridized carbons (Fsp3) is 0.941. The van der Waals surface area contributed by atoms with Crippen molar-refractivity contribution in [2.24, 2.45) is 5.92 Å². The highest BCUT2D eigenvalue weighted by atomic mass is 16.6. The van der Waals surface area contributed by atoms with Crippen molar-refractivity contribution in [3.05, 3.63) is 0 Å². The van der Waals surface area contributed by atoms with Gasteiger partial charge in [-0.3, -0.25) is 0 Å². The monoisotopic (exact) mass is 298 g/mol. The van der Waals surface area contributed by atoms with E-state index in [-0.39, 0.29) is 6.09 Å². The van der Waals surface area contributed by atoms with Gasteiger partial charge in [0.1, 0.15) is 5.60 Å². The second-order valence-electron chi connectivity index (χ2n) is 7.42. The third-order valence-electron chi connectivity index (χ3n) is 3.86. The average molecular weight is 298 g/mol. The van der Waals surface area contributed by atoms with Crippen LogP contribution >= 0.6 is 0 Å². The van der Waals surface area contributed by atoms with Crippen LogP contribution in [0.25, 0.3) is 0 Å². The molecule has 4 heteroatoms. The lowest BCUT2D eigenvalue weighted by atomic mass is 10.1. The fourth-order valence-corrected chi connectivity index (χ4v) is 2.76. The van der Waals surface area contributed by atoms with Crippen LogP contribution in [-0.4, -0.2) is 42.3 Å². The molecule has 2 atom stereocenters. The molecule has 0 aromatic heterocycles. The maximum atomic E-state index is 12.2. The highest BCUT2D eigenvalue weighted by molar-refractivity contribution is 5.68. The molecule has 1 fully saturated rings. The van der Waals surface area contributed by atoms with Crippen LogP contribution in [0.3, 0.4) is 0 Å². The first-order valence-electron chi connectivity index (χ1n) is 8.53.